The molecule has 1 amide bonds. The first-order valence-corrected chi connectivity index (χ1v) is 6.43. The third-order valence-corrected chi connectivity index (χ3v) is 3.41. The maximum atomic E-state index is 11.7. The Hall–Kier alpha value is -1.06. The minimum Gasteiger partial charge on any atom is -0.447 e. The molecule has 0 saturated carbocycles. The van der Waals surface area contributed by atoms with Crippen LogP contribution in [0.15, 0.2) is 0 Å². The lowest BCUT2D eigenvalue weighted by Gasteiger charge is -2.34. The summed E-state index contributed by atoms with van der Waals surface area (Å²) in [5.74, 6) is 0.985. The molecule has 0 aromatic carbocycles. The van der Waals surface area contributed by atoms with Gasteiger partial charge in [0.15, 0.2) is 0 Å². The summed E-state index contributed by atoms with van der Waals surface area (Å²) >= 11 is 0. The van der Waals surface area contributed by atoms with Crippen molar-refractivity contribution in [1.29, 1.82) is 0 Å². The zero-order chi connectivity index (χ0) is 12.8. The topological polar surface area (TPSA) is 46.6 Å². The number of ether oxygens (including phenoxy) is 1. The molecule has 1 unspecified atom stereocenters. The van der Waals surface area contributed by atoms with E-state index in [0.29, 0.717) is 18.3 Å². The van der Waals surface area contributed by atoms with Gasteiger partial charge in [-0.3, -0.25) is 0 Å². The molecule has 1 aliphatic rings. The van der Waals surface area contributed by atoms with Crippen molar-refractivity contribution in [2.45, 2.75) is 46.1 Å². The van der Waals surface area contributed by atoms with E-state index in [2.05, 4.69) is 6.92 Å². The van der Waals surface area contributed by atoms with Gasteiger partial charge in [0, 0.05) is 19.5 Å². The summed E-state index contributed by atoms with van der Waals surface area (Å²) in [6.45, 7) is 7.33. The fourth-order valence-corrected chi connectivity index (χ4v) is 2.27. The van der Waals surface area contributed by atoms with Crippen LogP contribution in [0.3, 0.4) is 0 Å². The van der Waals surface area contributed by atoms with E-state index in [1.165, 1.54) is 0 Å². The van der Waals surface area contributed by atoms with Crippen molar-refractivity contribution >= 4 is 12.4 Å². The molecular formula is C13H23NO3. The van der Waals surface area contributed by atoms with Gasteiger partial charge < -0.3 is 14.4 Å². The molecular weight excluding hydrogens is 218 g/mol. The molecule has 1 aliphatic heterocycles. The van der Waals surface area contributed by atoms with Gasteiger partial charge in [0.1, 0.15) is 6.29 Å². The van der Waals surface area contributed by atoms with Gasteiger partial charge in [0.05, 0.1) is 6.10 Å². The van der Waals surface area contributed by atoms with Crippen LogP contribution in [0.5, 0.6) is 0 Å². The van der Waals surface area contributed by atoms with Gasteiger partial charge in [-0.15, -0.1) is 0 Å². The highest BCUT2D eigenvalue weighted by atomic mass is 16.6. The van der Waals surface area contributed by atoms with Gasteiger partial charge >= 0.3 is 6.09 Å². The van der Waals surface area contributed by atoms with E-state index < -0.39 is 0 Å². The molecule has 1 fully saturated rings. The van der Waals surface area contributed by atoms with Crippen molar-refractivity contribution in [2.24, 2.45) is 11.8 Å². The average molecular weight is 241 g/mol. The Kier molecular flexibility index (Phi) is 5.45. The van der Waals surface area contributed by atoms with Crippen molar-refractivity contribution < 1.29 is 14.3 Å². The second-order valence-corrected chi connectivity index (χ2v) is 5.14. The number of piperidine rings is 1. The fraction of sp³-hybridized carbons (Fsp3) is 0.846. The van der Waals surface area contributed by atoms with Gasteiger partial charge in [0.2, 0.25) is 0 Å². The van der Waals surface area contributed by atoms with Gasteiger partial charge in [-0.2, -0.15) is 0 Å². The van der Waals surface area contributed by atoms with Crippen molar-refractivity contribution in [1.82, 2.24) is 4.90 Å². The van der Waals surface area contributed by atoms with Gasteiger partial charge in [-0.05, 0) is 38.5 Å². The zero-order valence-corrected chi connectivity index (χ0v) is 11.0. The summed E-state index contributed by atoms with van der Waals surface area (Å²) in [6.07, 6.45) is 3.30. The summed E-state index contributed by atoms with van der Waals surface area (Å²) in [4.78, 5) is 23.9. The van der Waals surface area contributed by atoms with E-state index in [-0.39, 0.29) is 12.2 Å². The Bertz CT molecular complexity index is 257. The van der Waals surface area contributed by atoms with Crippen LogP contribution >= 0.6 is 0 Å². The second-order valence-electron chi connectivity index (χ2n) is 5.14. The van der Waals surface area contributed by atoms with Crippen LogP contribution in [0.1, 0.15) is 40.0 Å². The van der Waals surface area contributed by atoms with E-state index in [4.69, 9.17) is 4.74 Å². The van der Waals surface area contributed by atoms with Crippen molar-refractivity contribution in [3.8, 4) is 0 Å². The monoisotopic (exact) mass is 241 g/mol. The summed E-state index contributed by atoms with van der Waals surface area (Å²) in [5, 5.41) is 0. The molecule has 0 aromatic heterocycles. The number of likely N-dealkylation sites (tertiary alicyclic amines) is 1. The number of hydrogen-bond donors (Lipinski definition) is 0. The fourth-order valence-electron chi connectivity index (χ4n) is 2.27. The SMILES string of the molecule is CC(C)OC(=O)N1CCC(C(C)CC=O)CC1. The molecule has 0 N–H and O–H groups in total. The van der Waals surface area contributed by atoms with E-state index in [1.807, 2.05) is 13.8 Å². The maximum absolute atomic E-state index is 11.7. The number of carbonyl (C=O) groups excluding carboxylic acids is 2. The molecule has 4 heteroatoms. The van der Waals surface area contributed by atoms with E-state index in [9.17, 15) is 9.59 Å². The third kappa shape index (κ3) is 4.36. The van der Waals surface area contributed by atoms with Crippen LogP contribution in [0.2, 0.25) is 0 Å². The quantitative estimate of drug-likeness (QED) is 0.710. The number of aldehydes is 1. The molecule has 17 heavy (non-hydrogen) atoms. The highest BCUT2D eigenvalue weighted by Crippen LogP contribution is 2.26. The van der Waals surface area contributed by atoms with Gasteiger partial charge in [-0.25, -0.2) is 4.79 Å². The van der Waals surface area contributed by atoms with Crippen LogP contribution in [-0.2, 0) is 9.53 Å². The van der Waals surface area contributed by atoms with Gasteiger partial charge in [0.25, 0.3) is 0 Å². The summed E-state index contributed by atoms with van der Waals surface area (Å²) in [7, 11) is 0. The number of carbonyl (C=O) groups is 2. The molecule has 1 rings (SSSR count). The molecule has 0 aromatic rings. The third-order valence-electron chi connectivity index (χ3n) is 3.41. The van der Waals surface area contributed by atoms with Crippen LogP contribution in [-0.4, -0.2) is 36.5 Å². The van der Waals surface area contributed by atoms with Crippen LogP contribution in [0.4, 0.5) is 4.79 Å². The van der Waals surface area contributed by atoms with Gasteiger partial charge in [-0.1, -0.05) is 6.92 Å². The Morgan fingerprint density at radius 2 is 1.94 bits per heavy atom. The number of rotatable bonds is 4. The summed E-state index contributed by atoms with van der Waals surface area (Å²) in [5.41, 5.74) is 0. The maximum Gasteiger partial charge on any atom is 0.410 e. The first kappa shape index (κ1) is 14.0. The predicted octanol–water partition coefficient (Wildman–Crippen LogP) is 2.47. The molecule has 98 valence electrons. The number of hydrogen-bond acceptors (Lipinski definition) is 3. The van der Waals surface area contributed by atoms with Crippen molar-refractivity contribution in [3.05, 3.63) is 0 Å². The van der Waals surface area contributed by atoms with E-state index in [0.717, 1.165) is 32.2 Å². The molecule has 1 saturated heterocycles. The molecule has 0 aliphatic carbocycles. The smallest absolute Gasteiger partial charge is 0.410 e. The summed E-state index contributed by atoms with van der Waals surface area (Å²) < 4.78 is 5.16. The molecule has 0 radical (unpaired) electrons. The largest absolute Gasteiger partial charge is 0.447 e. The first-order chi connectivity index (χ1) is 8.04. The van der Waals surface area contributed by atoms with Crippen LogP contribution in [0.25, 0.3) is 0 Å². The minimum absolute atomic E-state index is 0.0609. The standard InChI is InChI=1S/C13H23NO3/c1-10(2)17-13(16)14-7-4-12(5-8-14)11(3)6-9-15/h9-12H,4-8H2,1-3H3. The molecule has 1 atom stereocenters. The average Bonchev–Trinajstić information content (AvgIpc) is 2.28. The van der Waals surface area contributed by atoms with Crippen LogP contribution < -0.4 is 0 Å². The lowest BCUT2D eigenvalue weighted by Crippen LogP contribution is -2.40. The first-order valence-electron chi connectivity index (χ1n) is 6.43. The molecule has 0 spiro atoms. The van der Waals surface area contributed by atoms with Crippen molar-refractivity contribution in [3.63, 3.8) is 0 Å². The lowest BCUT2D eigenvalue weighted by molar-refractivity contribution is -0.109. The number of amides is 1. The molecule has 1 heterocycles. The van der Waals surface area contributed by atoms with E-state index >= 15 is 0 Å². The minimum atomic E-state index is -0.207. The second kappa shape index (κ2) is 6.62. The zero-order valence-electron chi connectivity index (χ0n) is 11.0. The Balaban J connectivity index is 2.35. The highest BCUT2D eigenvalue weighted by Gasteiger charge is 2.27. The van der Waals surface area contributed by atoms with E-state index in [1.54, 1.807) is 4.90 Å². The predicted molar refractivity (Wildman–Crippen MR) is 65.8 cm³/mol. The van der Waals surface area contributed by atoms with Crippen molar-refractivity contribution in [2.75, 3.05) is 13.1 Å². The Morgan fingerprint density at radius 1 is 1.35 bits per heavy atom. The Morgan fingerprint density at radius 3 is 2.41 bits per heavy atom. The molecule has 0 bridgehead atoms. The lowest BCUT2D eigenvalue weighted by atomic mass is 9.84. The number of nitrogens with zero attached hydrogens (tertiary/aromatic N) is 1. The van der Waals surface area contributed by atoms with Crippen LogP contribution in [0, 0.1) is 11.8 Å². The highest BCUT2D eigenvalue weighted by molar-refractivity contribution is 5.67. The normalized spacial score (nSPS) is 19.2. The summed E-state index contributed by atoms with van der Waals surface area (Å²) in [6, 6.07) is 0. The molecule has 4 nitrogen and oxygen atoms in total. The Labute approximate surface area is 103 Å².